The van der Waals surface area contributed by atoms with Crippen molar-refractivity contribution >= 4 is 27.5 Å². The third-order valence-corrected chi connectivity index (χ3v) is 3.59. The summed E-state index contributed by atoms with van der Waals surface area (Å²) in [4.78, 5) is 0. The van der Waals surface area contributed by atoms with E-state index in [4.69, 9.17) is 25.2 Å². The molecule has 0 saturated heterocycles. The Balaban J connectivity index is 1.68. The lowest BCUT2D eigenvalue weighted by atomic mass is 10.2. The first-order chi connectivity index (χ1) is 10.1. The van der Waals surface area contributed by atoms with E-state index >= 15 is 0 Å². The zero-order valence-electron chi connectivity index (χ0n) is 11.0. The third kappa shape index (κ3) is 3.28. The van der Waals surface area contributed by atoms with E-state index < -0.39 is 0 Å². The van der Waals surface area contributed by atoms with Crippen molar-refractivity contribution in [3.05, 3.63) is 51.5 Å². The molecule has 2 aromatic heterocycles. The van der Waals surface area contributed by atoms with Crippen LogP contribution in [0, 0.1) is 6.92 Å². The third-order valence-electron chi connectivity index (χ3n) is 2.74. The van der Waals surface area contributed by atoms with Gasteiger partial charge in [0.1, 0.15) is 5.75 Å². The summed E-state index contributed by atoms with van der Waals surface area (Å²) in [5, 5.41) is 8.53. The number of benzene rings is 1. The van der Waals surface area contributed by atoms with Crippen LogP contribution < -0.4 is 4.74 Å². The van der Waals surface area contributed by atoms with Crippen LogP contribution in [0.2, 0.25) is 5.02 Å². The normalized spacial score (nSPS) is 10.8. The van der Waals surface area contributed by atoms with Crippen molar-refractivity contribution in [1.82, 2.24) is 10.2 Å². The van der Waals surface area contributed by atoms with Gasteiger partial charge in [0.25, 0.3) is 11.8 Å². The van der Waals surface area contributed by atoms with Crippen molar-refractivity contribution in [2.75, 3.05) is 0 Å². The summed E-state index contributed by atoms with van der Waals surface area (Å²) in [7, 11) is 0. The Hall–Kier alpha value is -1.79. The fourth-order valence-corrected chi connectivity index (χ4v) is 2.12. The van der Waals surface area contributed by atoms with E-state index in [0.29, 0.717) is 33.0 Å². The highest BCUT2D eigenvalue weighted by atomic mass is 79.9. The molecule has 0 unspecified atom stereocenters. The molecular weight excluding hydrogens is 360 g/mol. The molecule has 7 heteroatoms. The summed E-state index contributed by atoms with van der Waals surface area (Å²) in [6.45, 7) is 2.09. The van der Waals surface area contributed by atoms with Gasteiger partial charge in [-0.1, -0.05) is 11.6 Å². The van der Waals surface area contributed by atoms with Gasteiger partial charge in [-0.2, -0.15) is 0 Å². The van der Waals surface area contributed by atoms with E-state index in [1.807, 2.05) is 13.0 Å². The monoisotopic (exact) mass is 368 g/mol. The minimum Gasteiger partial charge on any atom is -0.484 e. The van der Waals surface area contributed by atoms with Crippen LogP contribution in [0.15, 0.2) is 43.8 Å². The second kappa shape index (κ2) is 5.91. The molecule has 0 atom stereocenters. The van der Waals surface area contributed by atoms with Gasteiger partial charge in [-0.05, 0) is 58.7 Å². The maximum Gasteiger partial charge on any atom is 0.283 e. The number of hydrogen-bond acceptors (Lipinski definition) is 5. The molecule has 108 valence electrons. The van der Waals surface area contributed by atoms with Crippen LogP contribution >= 0.6 is 27.5 Å². The molecule has 0 saturated carbocycles. The first-order valence-electron chi connectivity index (χ1n) is 6.09. The fraction of sp³-hybridized carbons (Fsp3) is 0.143. The van der Waals surface area contributed by atoms with Crippen molar-refractivity contribution in [3.63, 3.8) is 0 Å². The largest absolute Gasteiger partial charge is 0.484 e. The maximum absolute atomic E-state index is 5.96. The smallest absolute Gasteiger partial charge is 0.283 e. The Morgan fingerprint density at radius 3 is 2.76 bits per heavy atom. The molecule has 0 amide bonds. The Morgan fingerprint density at radius 2 is 2.05 bits per heavy atom. The van der Waals surface area contributed by atoms with E-state index in [-0.39, 0.29) is 6.61 Å². The molecule has 3 rings (SSSR count). The molecule has 0 fully saturated rings. The van der Waals surface area contributed by atoms with Crippen LogP contribution in [0.4, 0.5) is 0 Å². The van der Waals surface area contributed by atoms with Crippen LogP contribution in [-0.4, -0.2) is 10.2 Å². The van der Waals surface area contributed by atoms with Gasteiger partial charge >= 0.3 is 0 Å². The number of halogens is 2. The molecule has 0 aliphatic carbocycles. The van der Waals surface area contributed by atoms with Crippen molar-refractivity contribution in [2.45, 2.75) is 13.5 Å². The highest BCUT2D eigenvalue weighted by molar-refractivity contribution is 9.10. The van der Waals surface area contributed by atoms with Gasteiger partial charge in [-0.15, -0.1) is 10.2 Å². The van der Waals surface area contributed by atoms with E-state index in [0.717, 1.165) is 5.56 Å². The maximum atomic E-state index is 5.96. The van der Waals surface area contributed by atoms with E-state index in [9.17, 15) is 0 Å². The first-order valence-corrected chi connectivity index (χ1v) is 7.26. The number of nitrogens with zero attached hydrogens (tertiary/aromatic N) is 2. The highest BCUT2D eigenvalue weighted by Crippen LogP contribution is 2.25. The molecule has 21 heavy (non-hydrogen) atoms. The van der Waals surface area contributed by atoms with Gasteiger partial charge < -0.3 is 13.6 Å². The van der Waals surface area contributed by atoms with Crippen LogP contribution in [0.25, 0.3) is 11.7 Å². The number of aromatic nitrogens is 2. The molecule has 0 aliphatic rings. The standard InChI is InChI=1S/C14H10BrClN2O3/c1-8-6-9(2-3-10(8)16)19-7-13-17-18-14(21-13)11-4-5-12(15)20-11/h2-6H,7H2,1H3. The summed E-state index contributed by atoms with van der Waals surface area (Å²) in [6.07, 6.45) is 0. The van der Waals surface area contributed by atoms with Crippen LogP contribution in [0.3, 0.4) is 0 Å². The van der Waals surface area contributed by atoms with E-state index in [1.54, 1.807) is 24.3 Å². The van der Waals surface area contributed by atoms with Crippen molar-refractivity contribution < 1.29 is 13.6 Å². The molecule has 3 aromatic rings. The lowest BCUT2D eigenvalue weighted by molar-refractivity contribution is 0.263. The van der Waals surface area contributed by atoms with Crippen molar-refractivity contribution in [1.29, 1.82) is 0 Å². The molecule has 0 radical (unpaired) electrons. The molecule has 2 heterocycles. The minimum atomic E-state index is 0.177. The average molecular weight is 370 g/mol. The zero-order valence-corrected chi connectivity index (χ0v) is 13.3. The second-order valence-electron chi connectivity index (χ2n) is 4.30. The minimum absolute atomic E-state index is 0.177. The zero-order chi connectivity index (χ0) is 14.8. The summed E-state index contributed by atoms with van der Waals surface area (Å²) < 4.78 is 17.0. The Labute approximate surface area is 134 Å². The number of ether oxygens (including phenoxy) is 1. The molecule has 0 spiro atoms. The molecule has 0 N–H and O–H groups in total. The summed E-state index contributed by atoms with van der Waals surface area (Å²) in [6, 6.07) is 8.92. The Morgan fingerprint density at radius 1 is 1.19 bits per heavy atom. The van der Waals surface area contributed by atoms with Gasteiger partial charge in [0.05, 0.1) is 0 Å². The number of furan rings is 1. The van der Waals surface area contributed by atoms with E-state index in [2.05, 4.69) is 26.1 Å². The Kier molecular flexibility index (Phi) is 3.98. The van der Waals surface area contributed by atoms with Gasteiger partial charge in [-0.25, -0.2) is 0 Å². The van der Waals surface area contributed by atoms with Crippen LogP contribution in [-0.2, 0) is 6.61 Å². The molecule has 1 aromatic carbocycles. The molecular formula is C14H10BrClN2O3. The lowest BCUT2D eigenvalue weighted by Crippen LogP contribution is -1.96. The first kappa shape index (κ1) is 14.2. The van der Waals surface area contributed by atoms with Crippen LogP contribution in [0.1, 0.15) is 11.5 Å². The highest BCUT2D eigenvalue weighted by Gasteiger charge is 2.12. The Bertz CT molecular complexity index is 769. The summed E-state index contributed by atoms with van der Waals surface area (Å²) in [5.41, 5.74) is 0.945. The molecule has 5 nitrogen and oxygen atoms in total. The van der Waals surface area contributed by atoms with Gasteiger partial charge in [0.15, 0.2) is 17.0 Å². The fourth-order valence-electron chi connectivity index (χ4n) is 1.69. The van der Waals surface area contributed by atoms with E-state index in [1.165, 1.54) is 0 Å². The molecule has 0 bridgehead atoms. The van der Waals surface area contributed by atoms with Gasteiger partial charge in [-0.3, -0.25) is 0 Å². The van der Waals surface area contributed by atoms with Crippen LogP contribution in [0.5, 0.6) is 5.75 Å². The predicted octanol–water partition coefficient (Wildman–Crippen LogP) is 4.63. The van der Waals surface area contributed by atoms with Gasteiger partial charge in [0, 0.05) is 5.02 Å². The number of rotatable bonds is 4. The SMILES string of the molecule is Cc1cc(OCc2nnc(-c3ccc(Br)o3)o2)ccc1Cl. The number of aryl methyl sites for hydroxylation is 1. The summed E-state index contributed by atoms with van der Waals surface area (Å²) in [5.74, 6) is 1.87. The predicted molar refractivity (Wildman–Crippen MR) is 80.2 cm³/mol. The average Bonchev–Trinajstić information content (AvgIpc) is 3.09. The topological polar surface area (TPSA) is 61.3 Å². The van der Waals surface area contributed by atoms with Gasteiger partial charge in [0.2, 0.25) is 0 Å². The molecule has 0 aliphatic heterocycles. The lowest BCUT2D eigenvalue weighted by Gasteiger charge is -2.05. The summed E-state index contributed by atoms with van der Waals surface area (Å²) >= 11 is 9.18. The second-order valence-corrected chi connectivity index (χ2v) is 5.49. The quantitative estimate of drug-likeness (QED) is 0.671. The number of hydrogen-bond donors (Lipinski definition) is 0. The van der Waals surface area contributed by atoms with Crippen molar-refractivity contribution in [3.8, 4) is 17.4 Å². The van der Waals surface area contributed by atoms with Crippen molar-refractivity contribution in [2.24, 2.45) is 0 Å².